The zero-order valence-corrected chi connectivity index (χ0v) is 18.7. The van der Waals surface area contributed by atoms with Crippen LogP contribution in [0.3, 0.4) is 0 Å². The molecule has 6 heteroatoms. The molecule has 3 saturated carbocycles. The minimum absolute atomic E-state index is 0.0125. The van der Waals surface area contributed by atoms with E-state index in [1.54, 1.807) is 12.2 Å². The number of hydrogen-bond donors (Lipinski definition) is 2. The highest BCUT2D eigenvalue weighted by Gasteiger charge is 2.75. The van der Waals surface area contributed by atoms with Gasteiger partial charge in [-0.1, -0.05) is 38.8 Å². The van der Waals surface area contributed by atoms with Gasteiger partial charge in [0.15, 0.2) is 23.5 Å². The standard InChI is InChI=1S/C25H34O6/c1-4-5-21-30-20-11-17-16-7-6-14-10-15(27)8-9-23(14,2)22(16)18(28)12-24(17,3)25(20,31-21)19(29)13-26/h8-10,16-18,20-22,26,28H,4-7,11-13H2,1-3H3/t16?,17-,18?,20?,21?,22+,23?,24?,25?/m0/s1. The van der Waals surface area contributed by atoms with Crippen LogP contribution < -0.4 is 0 Å². The molecule has 1 heterocycles. The normalized spacial score (nSPS) is 50.4. The number of allylic oxidation sites excluding steroid dienone is 4. The summed E-state index contributed by atoms with van der Waals surface area (Å²) in [6, 6.07) is 0. The summed E-state index contributed by atoms with van der Waals surface area (Å²) >= 11 is 0. The van der Waals surface area contributed by atoms with Gasteiger partial charge >= 0.3 is 0 Å². The topological polar surface area (TPSA) is 93.1 Å². The second-order valence-corrected chi connectivity index (χ2v) is 10.7. The van der Waals surface area contributed by atoms with Crippen LogP contribution in [0.2, 0.25) is 0 Å². The zero-order valence-electron chi connectivity index (χ0n) is 18.7. The maximum Gasteiger partial charge on any atom is 0.193 e. The van der Waals surface area contributed by atoms with E-state index in [1.165, 1.54) is 0 Å². The van der Waals surface area contributed by atoms with E-state index in [-0.39, 0.29) is 34.7 Å². The lowest BCUT2D eigenvalue weighted by molar-refractivity contribution is -0.200. The molecule has 0 aromatic rings. The van der Waals surface area contributed by atoms with E-state index in [4.69, 9.17) is 9.47 Å². The Kier molecular flexibility index (Phi) is 4.91. The third kappa shape index (κ3) is 2.65. The van der Waals surface area contributed by atoms with Crippen LogP contribution in [0.4, 0.5) is 0 Å². The molecule has 1 saturated heterocycles. The number of Topliss-reactive ketones (excluding diaryl/α,β-unsaturated/α-hetero) is 1. The molecule has 0 bridgehead atoms. The van der Waals surface area contributed by atoms with E-state index >= 15 is 0 Å². The second kappa shape index (κ2) is 7.08. The Morgan fingerprint density at radius 1 is 1.32 bits per heavy atom. The Bertz CT molecular complexity index is 862. The number of carbonyl (C=O) groups excluding carboxylic acids is 2. The van der Waals surface area contributed by atoms with Crippen molar-refractivity contribution in [3.63, 3.8) is 0 Å². The summed E-state index contributed by atoms with van der Waals surface area (Å²) in [7, 11) is 0. The predicted molar refractivity (Wildman–Crippen MR) is 113 cm³/mol. The van der Waals surface area contributed by atoms with E-state index in [9.17, 15) is 19.8 Å². The van der Waals surface area contributed by atoms with Crippen LogP contribution in [0.1, 0.15) is 59.3 Å². The van der Waals surface area contributed by atoms with Crippen LogP contribution in [0.5, 0.6) is 0 Å². The maximum atomic E-state index is 13.2. The molecule has 5 rings (SSSR count). The molecular formula is C25H34O6. The van der Waals surface area contributed by atoms with Gasteiger partial charge < -0.3 is 19.7 Å². The Morgan fingerprint density at radius 2 is 2.10 bits per heavy atom. The lowest BCUT2D eigenvalue weighted by atomic mass is 9.46. The molecule has 4 aliphatic carbocycles. The molecule has 0 aromatic heterocycles. The fraction of sp³-hybridized carbons (Fsp3) is 0.760. The number of fused-ring (bicyclic) bond motifs is 7. The van der Waals surface area contributed by atoms with Crippen molar-refractivity contribution in [2.75, 3.05) is 6.61 Å². The van der Waals surface area contributed by atoms with Gasteiger partial charge in [-0.3, -0.25) is 9.59 Å². The van der Waals surface area contributed by atoms with Crippen molar-refractivity contribution in [2.24, 2.45) is 28.6 Å². The van der Waals surface area contributed by atoms with Crippen molar-refractivity contribution in [1.29, 1.82) is 0 Å². The second-order valence-electron chi connectivity index (χ2n) is 10.7. The quantitative estimate of drug-likeness (QED) is 0.712. The smallest absolute Gasteiger partial charge is 0.193 e. The number of rotatable bonds is 4. The minimum atomic E-state index is -1.20. The van der Waals surface area contributed by atoms with Gasteiger partial charge in [-0.25, -0.2) is 0 Å². The van der Waals surface area contributed by atoms with E-state index in [2.05, 4.69) is 20.8 Å². The zero-order chi connectivity index (χ0) is 22.2. The number of aliphatic hydroxyl groups is 2. The van der Waals surface area contributed by atoms with Gasteiger partial charge in [0.25, 0.3) is 0 Å². The summed E-state index contributed by atoms with van der Waals surface area (Å²) in [6.07, 6.45) is 8.31. The van der Waals surface area contributed by atoms with Crippen molar-refractivity contribution in [3.05, 3.63) is 23.8 Å². The molecule has 170 valence electrons. The highest BCUT2D eigenvalue weighted by Crippen LogP contribution is 2.69. The molecule has 2 N–H and O–H groups in total. The first kappa shape index (κ1) is 21.5. The van der Waals surface area contributed by atoms with Gasteiger partial charge in [-0.05, 0) is 56.1 Å². The lowest BCUT2D eigenvalue weighted by Gasteiger charge is -2.59. The maximum absolute atomic E-state index is 13.2. The van der Waals surface area contributed by atoms with Crippen LogP contribution in [0, 0.1) is 28.6 Å². The molecule has 0 spiro atoms. The lowest BCUT2D eigenvalue weighted by Crippen LogP contribution is -2.63. The number of ketones is 2. The van der Waals surface area contributed by atoms with Crippen LogP contribution in [0.25, 0.3) is 0 Å². The van der Waals surface area contributed by atoms with Crippen LogP contribution in [-0.2, 0) is 19.1 Å². The fourth-order valence-corrected chi connectivity index (χ4v) is 8.12. The number of hydrogen-bond acceptors (Lipinski definition) is 6. The molecular weight excluding hydrogens is 396 g/mol. The summed E-state index contributed by atoms with van der Waals surface area (Å²) in [4.78, 5) is 25.2. The van der Waals surface area contributed by atoms with Crippen molar-refractivity contribution in [1.82, 2.24) is 0 Å². The summed E-state index contributed by atoms with van der Waals surface area (Å²) in [5.41, 5.74) is -1.05. The molecule has 5 aliphatic rings. The van der Waals surface area contributed by atoms with Crippen LogP contribution >= 0.6 is 0 Å². The van der Waals surface area contributed by atoms with Crippen LogP contribution in [-0.4, -0.2) is 52.5 Å². The van der Waals surface area contributed by atoms with E-state index in [1.807, 2.05) is 6.08 Å². The van der Waals surface area contributed by atoms with Crippen LogP contribution in [0.15, 0.2) is 23.8 Å². The SMILES string of the molecule is CCCC1OC2C[C@H]3C4CCC5=CC(=O)C=CC5(C)[C@H]4C(O)CC3(C)C2(C(=O)CO)O1. The molecule has 4 fully saturated rings. The minimum Gasteiger partial charge on any atom is -0.393 e. The molecule has 9 atom stereocenters. The molecule has 1 aliphatic heterocycles. The molecule has 0 amide bonds. The van der Waals surface area contributed by atoms with Gasteiger partial charge in [0.2, 0.25) is 0 Å². The highest BCUT2D eigenvalue weighted by atomic mass is 16.7. The molecule has 0 radical (unpaired) electrons. The summed E-state index contributed by atoms with van der Waals surface area (Å²) in [5, 5.41) is 21.4. The average molecular weight is 431 g/mol. The summed E-state index contributed by atoms with van der Waals surface area (Å²) in [5.74, 6) is 0.0274. The van der Waals surface area contributed by atoms with Gasteiger partial charge in [0.05, 0.1) is 12.2 Å². The summed E-state index contributed by atoms with van der Waals surface area (Å²) in [6.45, 7) is 5.67. The Labute approximate surface area is 183 Å². The van der Waals surface area contributed by atoms with Crippen molar-refractivity contribution < 1.29 is 29.3 Å². The van der Waals surface area contributed by atoms with Crippen molar-refractivity contribution in [2.45, 2.75) is 83.4 Å². The highest BCUT2D eigenvalue weighted by molar-refractivity contribution is 6.01. The van der Waals surface area contributed by atoms with E-state index in [0.717, 1.165) is 24.8 Å². The largest absolute Gasteiger partial charge is 0.393 e. The Hall–Kier alpha value is -1.34. The predicted octanol–water partition coefficient (Wildman–Crippen LogP) is 2.72. The van der Waals surface area contributed by atoms with Gasteiger partial charge in [0.1, 0.15) is 6.61 Å². The van der Waals surface area contributed by atoms with Gasteiger partial charge in [0, 0.05) is 16.7 Å². The number of ether oxygens (including phenoxy) is 2. The third-order valence-corrected chi connectivity index (χ3v) is 9.37. The van der Waals surface area contributed by atoms with Crippen molar-refractivity contribution >= 4 is 11.6 Å². The first-order valence-electron chi connectivity index (χ1n) is 11.8. The van der Waals surface area contributed by atoms with Gasteiger partial charge in [-0.2, -0.15) is 0 Å². The summed E-state index contributed by atoms with van der Waals surface area (Å²) < 4.78 is 12.7. The van der Waals surface area contributed by atoms with E-state index in [0.29, 0.717) is 19.3 Å². The molecule has 7 unspecified atom stereocenters. The first-order chi connectivity index (χ1) is 14.7. The molecule has 0 aromatic carbocycles. The number of aliphatic hydroxyl groups excluding tert-OH is 2. The Morgan fingerprint density at radius 3 is 2.81 bits per heavy atom. The molecule has 6 nitrogen and oxygen atoms in total. The first-order valence-corrected chi connectivity index (χ1v) is 11.8. The van der Waals surface area contributed by atoms with Crippen molar-refractivity contribution in [3.8, 4) is 0 Å². The van der Waals surface area contributed by atoms with Gasteiger partial charge in [-0.15, -0.1) is 0 Å². The van der Waals surface area contributed by atoms with E-state index < -0.39 is 36.1 Å². The monoisotopic (exact) mass is 430 g/mol. The fourth-order valence-electron chi connectivity index (χ4n) is 8.12. The third-order valence-electron chi connectivity index (χ3n) is 9.37. The number of carbonyl (C=O) groups is 2. The average Bonchev–Trinajstić information content (AvgIpc) is 3.20. The molecule has 31 heavy (non-hydrogen) atoms. The Balaban J connectivity index is 1.55.